The molecule has 5 nitrogen and oxygen atoms in total. The van der Waals surface area contributed by atoms with Gasteiger partial charge in [-0.05, 0) is 46.0 Å². The van der Waals surface area contributed by atoms with Crippen LogP contribution in [-0.4, -0.2) is 46.7 Å². The highest BCUT2D eigenvalue weighted by Gasteiger charge is 2.48. The number of carbonyl (C=O) groups is 2. The maximum Gasteiger partial charge on any atom is 0.211 e. The molecule has 0 rings (SSSR count). The summed E-state index contributed by atoms with van der Waals surface area (Å²) in [6.45, 7) is 4.20. The van der Waals surface area contributed by atoms with Crippen LogP contribution in [0.3, 0.4) is 0 Å². The molecule has 0 heterocycles. The Labute approximate surface area is 184 Å². The molecular weight excluding hydrogens is 380 g/mol. The fourth-order valence-electron chi connectivity index (χ4n) is 3.73. The Morgan fingerprint density at radius 1 is 0.800 bits per heavy atom. The number of aliphatic hydroxyl groups excluding tert-OH is 2. The summed E-state index contributed by atoms with van der Waals surface area (Å²) in [5, 5.41) is 19.1. The van der Waals surface area contributed by atoms with Crippen molar-refractivity contribution < 1.29 is 24.5 Å². The third-order valence-corrected chi connectivity index (χ3v) is 5.67. The van der Waals surface area contributed by atoms with E-state index >= 15 is 0 Å². The molecule has 0 aliphatic heterocycles. The zero-order valence-corrected chi connectivity index (χ0v) is 19.7. The number of allylic oxidation sites excluding steroid dienone is 2. The molecule has 30 heavy (non-hydrogen) atoms. The lowest BCUT2D eigenvalue weighted by Gasteiger charge is -2.32. The Bertz CT molecular complexity index is 458. The van der Waals surface area contributed by atoms with Crippen LogP contribution >= 0.6 is 0 Å². The smallest absolute Gasteiger partial charge is 0.211 e. The molecule has 176 valence electrons. The van der Waals surface area contributed by atoms with Crippen LogP contribution in [0.2, 0.25) is 0 Å². The summed E-state index contributed by atoms with van der Waals surface area (Å²) in [6, 6.07) is 0. The molecule has 0 aromatic heterocycles. The molecule has 0 spiro atoms. The van der Waals surface area contributed by atoms with E-state index in [9.17, 15) is 19.8 Å². The van der Waals surface area contributed by atoms with E-state index in [1.165, 1.54) is 71.6 Å². The van der Waals surface area contributed by atoms with E-state index in [1.807, 2.05) is 0 Å². The number of hydrogen-bond donors (Lipinski definition) is 2. The quantitative estimate of drug-likeness (QED) is 0.148. The molecule has 0 fully saturated rings. The van der Waals surface area contributed by atoms with Gasteiger partial charge in [-0.1, -0.05) is 76.9 Å². The van der Waals surface area contributed by atoms with Crippen LogP contribution in [0.4, 0.5) is 0 Å². The van der Waals surface area contributed by atoms with Crippen molar-refractivity contribution in [3.8, 4) is 0 Å². The molecule has 0 aromatic rings. The summed E-state index contributed by atoms with van der Waals surface area (Å²) >= 11 is 0. The lowest BCUT2D eigenvalue weighted by molar-refractivity contribution is -0.175. The fourth-order valence-corrected chi connectivity index (χ4v) is 3.73. The minimum Gasteiger partial charge on any atom is -0.394 e. The summed E-state index contributed by atoms with van der Waals surface area (Å²) in [7, 11) is 0. The number of ether oxygens (including phenoxy) is 1. The number of ketones is 2. The van der Waals surface area contributed by atoms with Gasteiger partial charge < -0.3 is 14.9 Å². The molecule has 0 aromatic carbocycles. The Morgan fingerprint density at radius 3 is 1.67 bits per heavy atom. The third-order valence-electron chi connectivity index (χ3n) is 5.67. The van der Waals surface area contributed by atoms with Gasteiger partial charge in [-0.2, -0.15) is 0 Å². The van der Waals surface area contributed by atoms with Crippen molar-refractivity contribution in [3.05, 3.63) is 12.2 Å². The van der Waals surface area contributed by atoms with Crippen molar-refractivity contribution in [1.82, 2.24) is 0 Å². The van der Waals surface area contributed by atoms with Crippen LogP contribution in [0, 0.1) is 0 Å². The molecule has 0 aliphatic carbocycles. The first-order valence-electron chi connectivity index (χ1n) is 12.0. The van der Waals surface area contributed by atoms with E-state index in [4.69, 9.17) is 4.74 Å². The molecule has 2 N–H and O–H groups in total. The van der Waals surface area contributed by atoms with Crippen LogP contribution in [0.15, 0.2) is 12.2 Å². The summed E-state index contributed by atoms with van der Waals surface area (Å²) < 4.78 is 5.51. The lowest BCUT2D eigenvalue weighted by Crippen LogP contribution is -2.57. The van der Waals surface area contributed by atoms with Crippen LogP contribution in [0.25, 0.3) is 0 Å². The SMILES string of the molecule is CCCCCCCCC=CCCCCCCCCOC(C(C)=O)(C(C)=O)C(O)CO. The average Bonchev–Trinajstić information content (AvgIpc) is 2.72. The Kier molecular flexibility index (Phi) is 18.1. The predicted octanol–water partition coefficient (Wildman–Crippen LogP) is 5.31. The van der Waals surface area contributed by atoms with Gasteiger partial charge in [0.25, 0.3) is 0 Å². The van der Waals surface area contributed by atoms with E-state index in [0.29, 0.717) is 0 Å². The van der Waals surface area contributed by atoms with E-state index < -0.39 is 29.9 Å². The van der Waals surface area contributed by atoms with Crippen molar-refractivity contribution in [2.45, 2.75) is 122 Å². The fraction of sp³-hybridized carbons (Fsp3) is 0.840. The van der Waals surface area contributed by atoms with E-state index in [-0.39, 0.29) is 6.61 Å². The van der Waals surface area contributed by atoms with Crippen molar-refractivity contribution in [1.29, 1.82) is 0 Å². The molecule has 0 aliphatic rings. The molecule has 1 unspecified atom stereocenters. The van der Waals surface area contributed by atoms with Gasteiger partial charge in [0.05, 0.1) is 6.61 Å². The highest BCUT2D eigenvalue weighted by Crippen LogP contribution is 2.21. The topological polar surface area (TPSA) is 83.8 Å². The second-order valence-corrected chi connectivity index (χ2v) is 8.33. The van der Waals surface area contributed by atoms with Gasteiger partial charge in [0.2, 0.25) is 5.60 Å². The Balaban J connectivity index is 3.72. The Hall–Kier alpha value is -1.04. The molecule has 0 saturated carbocycles. The van der Waals surface area contributed by atoms with E-state index in [0.717, 1.165) is 32.1 Å². The normalized spacial score (nSPS) is 13.1. The molecule has 1 atom stereocenters. The van der Waals surface area contributed by atoms with E-state index in [1.54, 1.807) is 0 Å². The summed E-state index contributed by atoms with van der Waals surface area (Å²) in [4.78, 5) is 23.8. The monoisotopic (exact) mass is 426 g/mol. The largest absolute Gasteiger partial charge is 0.394 e. The molecule has 0 amide bonds. The summed E-state index contributed by atoms with van der Waals surface area (Å²) in [6.07, 6.45) is 19.9. The minimum absolute atomic E-state index is 0.220. The summed E-state index contributed by atoms with van der Waals surface area (Å²) in [5.74, 6) is -1.14. The van der Waals surface area contributed by atoms with Crippen LogP contribution < -0.4 is 0 Å². The second kappa shape index (κ2) is 18.7. The third kappa shape index (κ3) is 12.0. The number of rotatable bonds is 21. The first kappa shape index (κ1) is 29.0. The lowest BCUT2D eigenvalue weighted by atomic mass is 9.88. The van der Waals surface area contributed by atoms with Crippen molar-refractivity contribution >= 4 is 11.6 Å². The first-order chi connectivity index (χ1) is 14.4. The van der Waals surface area contributed by atoms with Gasteiger partial charge in [0.1, 0.15) is 6.10 Å². The standard InChI is InChI=1S/C25H46O5/c1-4-5-6-7-8-9-10-11-12-13-14-15-16-17-18-19-20-30-25(22(2)27,23(3)28)24(29)21-26/h11-12,24,26,29H,4-10,13-21H2,1-3H3. The van der Waals surface area contributed by atoms with Crippen LogP contribution in [0.5, 0.6) is 0 Å². The molecule has 0 radical (unpaired) electrons. The van der Waals surface area contributed by atoms with Crippen molar-refractivity contribution in [2.24, 2.45) is 0 Å². The van der Waals surface area contributed by atoms with Gasteiger partial charge in [0.15, 0.2) is 11.6 Å². The molecule has 5 heteroatoms. The van der Waals surface area contributed by atoms with Crippen LogP contribution in [0.1, 0.15) is 111 Å². The van der Waals surface area contributed by atoms with Gasteiger partial charge >= 0.3 is 0 Å². The number of aliphatic hydroxyl groups is 2. The zero-order chi connectivity index (χ0) is 22.7. The first-order valence-corrected chi connectivity index (χ1v) is 12.0. The predicted molar refractivity (Wildman–Crippen MR) is 123 cm³/mol. The minimum atomic E-state index is -1.93. The zero-order valence-electron chi connectivity index (χ0n) is 19.7. The highest BCUT2D eigenvalue weighted by atomic mass is 16.5. The van der Waals surface area contributed by atoms with Crippen LogP contribution in [-0.2, 0) is 14.3 Å². The number of carbonyl (C=O) groups excluding carboxylic acids is 2. The molecule has 0 saturated heterocycles. The molecular formula is C25H46O5. The van der Waals surface area contributed by atoms with E-state index in [2.05, 4.69) is 19.1 Å². The Morgan fingerprint density at radius 2 is 1.23 bits per heavy atom. The summed E-state index contributed by atoms with van der Waals surface area (Å²) in [5.41, 5.74) is -1.93. The number of unbranched alkanes of at least 4 members (excludes halogenated alkanes) is 12. The van der Waals surface area contributed by atoms with Crippen molar-refractivity contribution in [3.63, 3.8) is 0 Å². The van der Waals surface area contributed by atoms with Gasteiger partial charge in [-0.25, -0.2) is 0 Å². The number of Topliss-reactive ketones (excluding diaryl/α,β-unsaturated/α-hetero) is 2. The van der Waals surface area contributed by atoms with Gasteiger partial charge in [-0.3, -0.25) is 9.59 Å². The van der Waals surface area contributed by atoms with Crippen molar-refractivity contribution in [2.75, 3.05) is 13.2 Å². The second-order valence-electron chi connectivity index (χ2n) is 8.33. The highest BCUT2D eigenvalue weighted by molar-refractivity contribution is 6.09. The number of hydrogen-bond acceptors (Lipinski definition) is 5. The van der Waals surface area contributed by atoms with Gasteiger partial charge in [-0.15, -0.1) is 0 Å². The van der Waals surface area contributed by atoms with Gasteiger partial charge in [0, 0.05) is 6.61 Å². The maximum atomic E-state index is 11.9. The molecule has 0 bridgehead atoms. The maximum absolute atomic E-state index is 11.9. The average molecular weight is 427 g/mol.